The minimum atomic E-state index is -1.08. The number of halogens is 4. The number of nitrogens with one attached hydrogen (secondary N) is 2. The number of hydrogen-bond acceptors (Lipinski definition) is 16. The van der Waals surface area contributed by atoms with Crippen LogP contribution in [-0.2, 0) is 38.1 Å². The third-order valence-electron chi connectivity index (χ3n) is 8.10. The van der Waals surface area contributed by atoms with Crippen LogP contribution < -0.4 is 20.1 Å². The molecule has 4 aromatic rings. The van der Waals surface area contributed by atoms with Crippen molar-refractivity contribution >= 4 is 69.8 Å². The van der Waals surface area contributed by atoms with Crippen molar-refractivity contribution in [3.8, 4) is 33.8 Å². The first kappa shape index (κ1) is 51.4. The minimum Gasteiger partial charge on any atom is -0.467 e. The van der Waals surface area contributed by atoms with E-state index in [0.29, 0.717) is 35.7 Å². The number of thioether (sulfide) groups is 2. The van der Waals surface area contributed by atoms with Crippen LogP contribution >= 0.6 is 23.5 Å². The molecule has 0 fully saturated rings. The number of hydrogen-bond donors (Lipinski definition) is 2. The molecule has 0 bridgehead atoms. The molecule has 0 saturated carbocycles. The highest BCUT2D eigenvalue weighted by Gasteiger charge is 2.26. The van der Waals surface area contributed by atoms with Gasteiger partial charge >= 0.3 is 34.5 Å². The number of benzene rings is 4. The molecule has 0 aromatic heterocycles. The average Bonchev–Trinajstić information content (AvgIpc) is 3.25. The number of carbonyl (C=O) groups is 8. The molecule has 0 radical (unpaired) electrons. The molecule has 0 saturated heterocycles. The van der Waals surface area contributed by atoms with Crippen LogP contribution in [-0.4, -0.2) is 98.3 Å². The van der Waals surface area contributed by atoms with Crippen molar-refractivity contribution in [3.05, 3.63) is 107 Å². The summed E-state index contributed by atoms with van der Waals surface area (Å²) in [6, 6.07) is 11.5. The minimum absolute atomic E-state index is 0.0278. The van der Waals surface area contributed by atoms with Crippen molar-refractivity contribution in [2.45, 2.75) is 25.9 Å². The van der Waals surface area contributed by atoms with Crippen LogP contribution in [0.1, 0.15) is 34.6 Å². The van der Waals surface area contributed by atoms with Gasteiger partial charge in [-0.25, -0.2) is 46.3 Å². The number of ether oxygens (including phenoxy) is 6. The Kier molecular flexibility index (Phi) is 19.8. The van der Waals surface area contributed by atoms with Gasteiger partial charge in [0, 0.05) is 48.6 Å². The average molecular weight is 935 g/mol. The van der Waals surface area contributed by atoms with Crippen LogP contribution in [0.25, 0.3) is 22.3 Å². The van der Waals surface area contributed by atoms with Crippen LogP contribution in [0.5, 0.6) is 11.5 Å². The van der Waals surface area contributed by atoms with Crippen molar-refractivity contribution < 1.29 is 84.3 Å². The van der Waals surface area contributed by atoms with E-state index in [-0.39, 0.29) is 56.4 Å². The SMILES string of the molecule is COC(=O)c1cc(-c2ccc(F)cc2F)ccc1OC(=O)SC[C@@H](NC(C)=O)C(=O)OC.COC(=O)c1cc(-c2ccc(F)cc2F)ccc1OC(=O)SC[C@H](NC(C)=O)C(=O)OC. The molecule has 0 aliphatic carbocycles. The summed E-state index contributed by atoms with van der Waals surface area (Å²) in [6.45, 7) is 2.40. The lowest BCUT2D eigenvalue weighted by Crippen LogP contribution is -2.42. The lowest BCUT2D eigenvalue weighted by molar-refractivity contribution is -0.144. The monoisotopic (exact) mass is 934 g/mol. The summed E-state index contributed by atoms with van der Waals surface area (Å²) in [7, 11) is 4.49. The van der Waals surface area contributed by atoms with Crippen LogP contribution in [0.15, 0.2) is 72.8 Å². The molecule has 0 aliphatic heterocycles. The Labute approximate surface area is 370 Å². The van der Waals surface area contributed by atoms with Crippen molar-refractivity contribution in [2.75, 3.05) is 39.9 Å². The predicted molar refractivity (Wildman–Crippen MR) is 222 cm³/mol. The lowest BCUT2D eigenvalue weighted by Gasteiger charge is -2.15. The molecule has 64 heavy (non-hydrogen) atoms. The molecule has 2 atom stereocenters. The summed E-state index contributed by atoms with van der Waals surface area (Å²) in [5, 5.41) is 2.93. The zero-order chi connectivity index (χ0) is 47.7. The number of esters is 4. The molecule has 2 amide bonds. The largest absolute Gasteiger partial charge is 0.467 e. The quantitative estimate of drug-likeness (QED) is 0.0768. The van der Waals surface area contributed by atoms with Gasteiger partial charge in [-0.2, -0.15) is 0 Å². The Bertz CT molecular complexity index is 2250. The van der Waals surface area contributed by atoms with E-state index in [9.17, 15) is 55.9 Å². The maximum Gasteiger partial charge on any atom is 0.372 e. The Balaban J connectivity index is 0.000000340. The van der Waals surface area contributed by atoms with Gasteiger partial charge in [-0.15, -0.1) is 0 Å². The maximum absolute atomic E-state index is 14.1. The summed E-state index contributed by atoms with van der Waals surface area (Å²) in [4.78, 5) is 94.7. The van der Waals surface area contributed by atoms with E-state index >= 15 is 0 Å². The molecule has 0 unspecified atom stereocenters. The van der Waals surface area contributed by atoms with Gasteiger partial charge < -0.3 is 39.1 Å². The normalized spacial score (nSPS) is 11.3. The predicted octanol–water partition coefficient (Wildman–Crippen LogP) is 6.66. The highest BCUT2D eigenvalue weighted by molar-refractivity contribution is 8.13. The summed E-state index contributed by atoms with van der Waals surface area (Å²) in [6.07, 6.45) is 0. The molecule has 22 heteroatoms. The fourth-order valence-electron chi connectivity index (χ4n) is 5.21. The second kappa shape index (κ2) is 24.6. The Morgan fingerprint density at radius 3 is 1.17 bits per heavy atom. The van der Waals surface area contributed by atoms with E-state index in [1.54, 1.807) is 0 Å². The summed E-state index contributed by atoms with van der Waals surface area (Å²) in [5.74, 6) is -8.10. The second-order valence-electron chi connectivity index (χ2n) is 12.5. The van der Waals surface area contributed by atoms with Gasteiger partial charge in [-0.1, -0.05) is 12.1 Å². The van der Waals surface area contributed by atoms with Crippen LogP contribution in [0.4, 0.5) is 27.2 Å². The molecule has 0 heterocycles. The smallest absolute Gasteiger partial charge is 0.372 e. The number of carbonyl (C=O) groups excluding carboxylic acids is 8. The van der Waals surface area contributed by atoms with Gasteiger partial charge in [0.25, 0.3) is 0 Å². The summed E-state index contributed by atoms with van der Waals surface area (Å²) in [5.41, 5.74) is 0.168. The standard InChI is InChI=1S/2C21H19F2NO7S/c2*1-11(25)24-17(20(27)30-3)10-32-21(28)31-18-7-4-12(8-15(18)19(26)29-2)14-6-5-13(22)9-16(14)23/h2*4-9,17H,10H2,1-3H3,(H,24,25)/t2*17-/m10/s1. The molecule has 16 nitrogen and oxygen atoms in total. The van der Waals surface area contributed by atoms with Crippen molar-refractivity contribution in [2.24, 2.45) is 0 Å². The maximum atomic E-state index is 14.1. The van der Waals surface area contributed by atoms with E-state index < -0.39 is 81.6 Å². The van der Waals surface area contributed by atoms with Crippen LogP contribution in [0.2, 0.25) is 0 Å². The van der Waals surface area contributed by atoms with Crippen LogP contribution in [0, 0.1) is 23.3 Å². The zero-order valence-electron chi connectivity index (χ0n) is 34.5. The van der Waals surface area contributed by atoms with Crippen molar-refractivity contribution in [1.29, 1.82) is 0 Å². The number of amides is 2. The molecular weight excluding hydrogens is 897 g/mol. The van der Waals surface area contributed by atoms with E-state index in [1.807, 2.05) is 0 Å². The van der Waals surface area contributed by atoms with Crippen LogP contribution in [0.3, 0.4) is 0 Å². The lowest BCUT2D eigenvalue weighted by atomic mass is 10.0. The first-order chi connectivity index (χ1) is 30.3. The van der Waals surface area contributed by atoms with Gasteiger partial charge in [0.15, 0.2) is 0 Å². The third kappa shape index (κ3) is 15.1. The summed E-state index contributed by atoms with van der Waals surface area (Å²) >= 11 is 1.13. The first-order valence-corrected chi connectivity index (χ1v) is 20.0. The van der Waals surface area contributed by atoms with Gasteiger partial charge in [-0.05, 0) is 83.2 Å². The highest BCUT2D eigenvalue weighted by atomic mass is 32.2. The fraction of sp³-hybridized carbons (Fsp3) is 0.238. The molecule has 340 valence electrons. The molecule has 4 aromatic carbocycles. The molecule has 4 rings (SSSR count). The highest BCUT2D eigenvalue weighted by Crippen LogP contribution is 2.32. The number of methoxy groups -OCH3 is 4. The van der Waals surface area contributed by atoms with E-state index in [2.05, 4.69) is 29.6 Å². The van der Waals surface area contributed by atoms with Crippen molar-refractivity contribution in [3.63, 3.8) is 0 Å². The van der Waals surface area contributed by atoms with E-state index in [1.165, 1.54) is 62.4 Å². The van der Waals surface area contributed by atoms with Gasteiger partial charge in [-0.3, -0.25) is 9.59 Å². The van der Waals surface area contributed by atoms with Crippen molar-refractivity contribution in [1.82, 2.24) is 10.6 Å². The third-order valence-corrected chi connectivity index (χ3v) is 9.74. The second-order valence-corrected chi connectivity index (χ2v) is 14.4. The topological polar surface area (TPSA) is 216 Å². The van der Waals surface area contributed by atoms with E-state index in [0.717, 1.165) is 40.6 Å². The van der Waals surface area contributed by atoms with E-state index in [4.69, 9.17) is 9.47 Å². The molecular formula is C42H38F4N2O14S2. The summed E-state index contributed by atoms with van der Waals surface area (Å²) < 4.78 is 83.4. The fourth-order valence-corrected chi connectivity index (χ4v) is 6.55. The first-order valence-electron chi connectivity index (χ1n) is 18.1. The van der Waals surface area contributed by atoms with Gasteiger partial charge in [0.2, 0.25) is 11.8 Å². The Morgan fingerprint density at radius 1 is 0.516 bits per heavy atom. The van der Waals surface area contributed by atoms with Gasteiger partial charge in [0.1, 0.15) is 58.0 Å². The zero-order valence-corrected chi connectivity index (χ0v) is 36.2. The molecule has 0 aliphatic rings. The molecule has 0 spiro atoms. The Morgan fingerprint density at radius 2 is 0.875 bits per heavy atom. The number of rotatable bonds is 14. The Hall–Kier alpha value is -6.94. The van der Waals surface area contributed by atoms with Gasteiger partial charge in [0.05, 0.1) is 28.4 Å². The molecule has 2 N–H and O–H groups in total.